The van der Waals surface area contributed by atoms with Gasteiger partial charge in [-0.2, -0.15) is 0 Å². The maximum atomic E-state index is 12.4. The van der Waals surface area contributed by atoms with Crippen LogP contribution >= 0.6 is 11.6 Å². The van der Waals surface area contributed by atoms with Gasteiger partial charge in [-0.05, 0) is 60.4 Å². The summed E-state index contributed by atoms with van der Waals surface area (Å²) in [6.07, 6.45) is 4.20. The molecule has 0 N–H and O–H groups in total. The monoisotopic (exact) mass is 388 g/mol. The van der Waals surface area contributed by atoms with Gasteiger partial charge >= 0.3 is 0 Å². The number of ether oxygens (including phenoxy) is 3. The van der Waals surface area contributed by atoms with E-state index in [2.05, 4.69) is 13.8 Å². The number of methoxy groups -OCH3 is 2. The number of hydrogen-bond donors (Lipinski definition) is 0. The van der Waals surface area contributed by atoms with Crippen molar-refractivity contribution >= 4 is 23.5 Å². The van der Waals surface area contributed by atoms with Gasteiger partial charge in [-0.1, -0.05) is 31.5 Å². The Labute approximate surface area is 165 Å². The largest absolute Gasteiger partial charge is 0.494 e. The Balaban J connectivity index is 2.05. The minimum absolute atomic E-state index is 0.102. The van der Waals surface area contributed by atoms with Crippen LogP contribution in [0.3, 0.4) is 0 Å². The molecule has 0 saturated carbocycles. The fourth-order valence-electron chi connectivity index (χ4n) is 2.43. The predicted octanol–water partition coefficient (Wildman–Crippen LogP) is 5.68. The summed E-state index contributed by atoms with van der Waals surface area (Å²) >= 11 is 6.19. The summed E-state index contributed by atoms with van der Waals surface area (Å²) in [4.78, 5) is 12.4. The van der Waals surface area contributed by atoms with E-state index >= 15 is 0 Å². The Morgan fingerprint density at radius 1 is 1.11 bits per heavy atom. The molecule has 0 bridgehead atoms. The first-order chi connectivity index (χ1) is 12.9. The molecule has 0 aromatic heterocycles. The lowest BCUT2D eigenvalue weighted by Crippen LogP contribution is -2.01. The van der Waals surface area contributed by atoms with E-state index in [1.54, 1.807) is 30.3 Å². The molecule has 0 aliphatic rings. The van der Waals surface area contributed by atoms with Crippen LogP contribution in [0.5, 0.6) is 17.2 Å². The van der Waals surface area contributed by atoms with Crippen molar-refractivity contribution in [2.45, 2.75) is 20.3 Å². The van der Waals surface area contributed by atoms with Crippen molar-refractivity contribution in [1.29, 1.82) is 0 Å². The third-order valence-corrected chi connectivity index (χ3v) is 4.27. The molecule has 0 aliphatic carbocycles. The van der Waals surface area contributed by atoms with Gasteiger partial charge in [0.1, 0.15) is 5.75 Å². The minimum atomic E-state index is -0.102. The zero-order valence-corrected chi connectivity index (χ0v) is 16.9. The third-order valence-electron chi connectivity index (χ3n) is 3.99. The Morgan fingerprint density at radius 3 is 2.41 bits per heavy atom. The van der Waals surface area contributed by atoms with Crippen LogP contribution < -0.4 is 14.2 Å². The van der Waals surface area contributed by atoms with Gasteiger partial charge in [-0.25, -0.2) is 0 Å². The lowest BCUT2D eigenvalue weighted by molar-refractivity contribution is 0.104. The van der Waals surface area contributed by atoms with Gasteiger partial charge < -0.3 is 14.2 Å². The summed E-state index contributed by atoms with van der Waals surface area (Å²) < 4.78 is 16.1. The Morgan fingerprint density at radius 2 is 1.81 bits per heavy atom. The number of ketones is 1. The van der Waals surface area contributed by atoms with Gasteiger partial charge in [0.15, 0.2) is 17.3 Å². The molecule has 5 heteroatoms. The summed E-state index contributed by atoms with van der Waals surface area (Å²) in [5.74, 6) is 2.24. The van der Waals surface area contributed by atoms with Crippen LogP contribution in [0.25, 0.3) is 6.08 Å². The maximum absolute atomic E-state index is 12.4. The van der Waals surface area contributed by atoms with Crippen LogP contribution in [0.4, 0.5) is 0 Å². The fraction of sp³-hybridized carbons (Fsp3) is 0.318. The highest BCUT2D eigenvalue weighted by Gasteiger charge is 2.10. The van der Waals surface area contributed by atoms with Gasteiger partial charge in [-0.3, -0.25) is 4.79 Å². The molecule has 0 aliphatic heterocycles. The van der Waals surface area contributed by atoms with Crippen molar-refractivity contribution in [2.24, 2.45) is 5.92 Å². The summed E-state index contributed by atoms with van der Waals surface area (Å²) in [5.41, 5.74) is 1.34. The van der Waals surface area contributed by atoms with Gasteiger partial charge in [0, 0.05) is 5.56 Å². The van der Waals surface area contributed by atoms with E-state index in [0.717, 1.165) is 17.7 Å². The van der Waals surface area contributed by atoms with Gasteiger partial charge in [0.05, 0.1) is 25.8 Å². The van der Waals surface area contributed by atoms with Crippen LogP contribution in [-0.2, 0) is 0 Å². The van der Waals surface area contributed by atoms with Crippen LogP contribution in [0.2, 0.25) is 5.02 Å². The first-order valence-electron chi connectivity index (χ1n) is 8.81. The summed E-state index contributed by atoms with van der Waals surface area (Å²) in [6, 6.07) is 10.6. The van der Waals surface area contributed by atoms with Crippen LogP contribution in [0, 0.1) is 5.92 Å². The molecule has 0 radical (unpaired) electrons. The first kappa shape index (κ1) is 20.8. The molecule has 2 aromatic carbocycles. The zero-order chi connectivity index (χ0) is 19.8. The minimum Gasteiger partial charge on any atom is -0.494 e. The highest BCUT2D eigenvalue weighted by molar-refractivity contribution is 6.32. The standard InChI is InChI=1S/C22H25ClO4/c1-15(2)11-12-27-18-8-6-17(7-9-18)20(24)10-5-16-13-19(23)22(26-4)21(14-16)25-3/h5-10,13-15H,11-12H2,1-4H3/b10-5+. The average Bonchev–Trinajstić information content (AvgIpc) is 2.65. The Kier molecular flexibility index (Phi) is 7.74. The van der Waals surface area contributed by atoms with Crippen molar-refractivity contribution in [2.75, 3.05) is 20.8 Å². The van der Waals surface area contributed by atoms with E-state index in [4.69, 9.17) is 25.8 Å². The molecule has 0 amide bonds. The van der Waals surface area contributed by atoms with Crippen molar-refractivity contribution in [3.8, 4) is 17.2 Å². The second kappa shape index (κ2) is 10.0. The molecule has 4 nitrogen and oxygen atoms in total. The first-order valence-corrected chi connectivity index (χ1v) is 9.19. The van der Waals surface area contributed by atoms with Crippen molar-refractivity contribution < 1.29 is 19.0 Å². The molecule has 0 atom stereocenters. The van der Waals surface area contributed by atoms with E-state index in [0.29, 0.717) is 34.6 Å². The van der Waals surface area contributed by atoms with Gasteiger partial charge in [-0.15, -0.1) is 0 Å². The molecule has 27 heavy (non-hydrogen) atoms. The van der Waals surface area contributed by atoms with E-state index in [1.807, 2.05) is 12.1 Å². The van der Waals surface area contributed by atoms with Gasteiger partial charge in [0.2, 0.25) is 0 Å². The topological polar surface area (TPSA) is 44.8 Å². The molecule has 2 rings (SSSR count). The second-order valence-corrected chi connectivity index (χ2v) is 6.90. The van der Waals surface area contributed by atoms with Crippen molar-refractivity contribution in [1.82, 2.24) is 0 Å². The molecule has 2 aromatic rings. The Hall–Kier alpha value is -2.46. The van der Waals surface area contributed by atoms with E-state index in [1.165, 1.54) is 20.3 Å². The molecule has 0 saturated heterocycles. The molecule has 0 heterocycles. The summed E-state index contributed by atoms with van der Waals surface area (Å²) in [7, 11) is 3.07. The molecule has 0 unspecified atom stereocenters. The second-order valence-electron chi connectivity index (χ2n) is 6.49. The number of allylic oxidation sites excluding steroid dienone is 1. The zero-order valence-electron chi connectivity index (χ0n) is 16.1. The lowest BCUT2D eigenvalue weighted by Gasteiger charge is -2.10. The molecule has 0 fully saturated rings. The molecule has 0 spiro atoms. The van der Waals surface area contributed by atoms with Crippen LogP contribution in [0.1, 0.15) is 36.2 Å². The van der Waals surface area contributed by atoms with Crippen molar-refractivity contribution in [3.63, 3.8) is 0 Å². The van der Waals surface area contributed by atoms with E-state index in [-0.39, 0.29) is 5.78 Å². The fourth-order valence-corrected chi connectivity index (χ4v) is 2.73. The number of carbonyl (C=O) groups is 1. The molecular formula is C22H25ClO4. The number of halogens is 1. The lowest BCUT2D eigenvalue weighted by atomic mass is 10.1. The van der Waals surface area contributed by atoms with Gasteiger partial charge in [0.25, 0.3) is 0 Å². The molecule has 144 valence electrons. The predicted molar refractivity (Wildman–Crippen MR) is 109 cm³/mol. The quantitative estimate of drug-likeness (QED) is 0.409. The smallest absolute Gasteiger partial charge is 0.185 e. The highest BCUT2D eigenvalue weighted by atomic mass is 35.5. The molecular weight excluding hydrogens is 364 g/mol. The maximum Gasteiger partial charge on any atom is 0.185 e. The highest BCUT2D eigenvalue weighted by Crippen LogP contribution is 2.36. The summed E-state index contributed by atoms with van der Waals surface area (Å²) in [6.45, 7) is 4.98. The van der Waals surface area contributed by atoms with Crippen LogP contribution in [0.15, 0.2) is 42.5 Å². The van der Waals surface area contributed by atoms with E-state index in [9.17, 15) is 4.79 Å². The number of hydrogen-bond acceptors (Lipinski definition) is 4. The SMILES string of the molecule is COc1cc(/C=C/C(=O)c2ccc(OCCC(C)C)cc2)cc(Cl)c1OC. The van der Waals surface area contributed by atoms with E-state index < -0.39 is 0 Å². The summed E-state index contributed by atoms with van der Waals surface area (Å²) in [5, 5.41) is 0.423. The third kappa shape index (κ3) is 6.04. The Bertz CT molecular complexity index is 795. The van der Waals surface area contributed by atoms with Crippen molar-refractivity contribution in [3.05, 3.63) is 58.6 Å². The van der Waals surface area contributed by atoms with Crippen LogP contribution in [-0.4, -0.2) is 26.6 Å². The number of carbonyl (C=O) groups excluding carboxylic acids is 1. The average molecular weight is 389 g/mol. The number of benzene rings is 2. The number of rotatable bonds is 9. The normalized spacial score (nSPS) is 11.0.